The Hall–Kier alpha value is -1.46. The Kier molecular flexibility index (Phi) is 6.21. The zero-order chi connectivity index (χ0) is 18.1. The number of piperidine rings is 1. The summed E-state index contributed by atoms with van der Waals surface area (Å²) in [6.45, 7) is 4.57. The molecule has 1 aliphatic heterocycles. The lowest BCUT2D eigenvalue weighted by Gasteiger charge is -2.56. The number of benzene rings is 1. The van der Waals surface area contributed by atoms with Crippen LogP contribution in [0.4, 0.5) is 4.79 Å². The van der Waals surface area contributed by atoms with Crippen LogP contribution in [0.15, 0.2) is 18.2 Å². The van der Waals surface area contributed by atoms with Crippen LogP contribution < -0.4 is 10.1 Å². The molecule has 3 atom stereocenters. The lowest BCUT2D eigenvalue weighted by molar-refractivity contribution is -0.00834. The number of halogens is 1. The van der Waals surface area contributed by atoms with Gasteiger partial charge in [0.1, 0.15) is 5.75 Å². The van der Waals surface area contributed by atoms with E-state index in [1.165, 1.54) is 43.2 Å². The average Bonchev–Trinajstić information content (AvgIpc) is 2.61. The Balaban J connectivity index is 0.00000210. The van der Waals surface area contributed by atoms with Gasteiger partial charge < -0.3 is 19.5 Å². The molecule has 0 amide bonds. The number of carbonyl (C=O) groups is 1. The number of fused-ring (bicyclic) bond motifs is 1. The van der Waals surface area contributed by atoms with Gasteiger partial charge in [-0.25, -0.2) is 4.79 Å². The summed E-state index contributed by atoms with van der Waals surface area (Å²) in [6.07, 6.45) is 6.71. The second-order valence-electron chi connectivity index (χ2n) is 8.17. The van der Waals surface area contributed by atoms with Crippen LogP contribution in [-0.2, 0) is 21.3 Å². The molecule has 6 heteroatoms. The third-order valence-corrected chi connectivity index (χ3v) is 6.35. The molecule has 0 radical (unpaired) electrons. The van der Waals surface area contributed by atoms with Crippen molar-refractivity contribution < 1.29 is 19.0 Å². The molecule has 1 saturated heterocycles. The van der Waals surface area contributed by atoms with Crippen LogP contribution in [0.2, 0.25) is 0 Å². The molecule has 150 valence electrons. The monoisotopic (exact) mass is 395 g/mol. The molecular weight excluding hydrogens is 366 g/mol. The standard InChI is InChI=1S/C21H29NO4.ClH/c1-14(2)26-20(23)25-13-24-16-7-6-15-11-19-17-5-3-4-8-21(17,9-10-22-19)18(15)12-16;/h6-7,12,14,17,19,22H,3-5,8-11,13H2,1-2H3;1H/t17-,19-,21+;/m1./s1. The van der Waals surface area contributed by atoms with Crippen LogP contribution in [0.3, 0.4) is 0 Å². The molecule has 1 saturated carbocycles. The van der Waals surface area contributed by atoms with E-state index in [4.69, 9.17) is 14.2 Å². The van der Waals surface area contributed by atoms with Gasteiger partial charge in [0.2, 0.25) is 6.79 Å². The summed E-state index contributed by atoms with van der Waals surface area (Å²) in [5, 5.41) is 3.76. The quantitative estimate of drug-likeness (QED) is 0.606. The molecule has 1 N–H and O–H groups in total. The van der Waals surface area contributed by atoms with Crippen LogP contribution in [0.25, 0.3) is 0 Å². The highest BCUT2D eigenvalue weighted by molar-refractivity contribution is 5.85. The highest BCUT2D eigenvalue weighted by atomic mass is 35.5. The van der Waals surface area contributed by atoms with Crippen molar-refractivity contribution >= 4 is 18.6 Å². The van der Waals surface area contributed by atoms with Crippen molar-refractivity contribution in [2.45, 2.75) is 69.9 Å². The summed E-state index contributed by atoms with van der Waals surface area (Å²) in [4.78, 5) is 11.5. The van der Waals surface area contributed by atoms with E-state index in [9.17, 15) is 4.79 Å². The van der Waals surface area contributed by atoms with E-state index >= 15 is 0 Å². The SMILES string of the molecule is CC(C)OC(=O)OCOc1ccc2c(c1)[C@]13CCCC[C@@H]1[C@@H](C2)NCC3.Cl. The largest absolute Gasteiger partial charge is 0.511 e. The van der Waals surface area contributed by atoms with E-state index in [-0.39, 0.29) is 25.3 Å². The molecule has 2 bridgehead atoms. The second kappa shape index (κ2) is 8.27. The van der Waals surface area contributed by atoms with Crippen molar-refractivity contribution in [3.63, 3.8) is 0 Å². The van der Waals surface area contributed by atoms with Crippen LogP contribution >= 0.6 is 12.4 Å². The lowest BCUT2D eigenvalue weighted by Crippen LogP contribution is -2.59. The number of nitrogens with one attached hydrogen (secondary N) is 1. The summed E-state index contributed by atoms with van der Waals surface area (Å²) >= 11 is 0. The second-order valence-corrected chi connectivity index (χ2v) is 8.17. The Morgan fingerprint density at radius 2 is 2.15 bits per heavy atom. The molecule has 4 rings (SSSR count). The Morgan fingerprint density at radius 3 is 2.96 bits per heavy atom. The van der Waals surface area contributed by atoms with Crippen molar-refractivity contribution in [2.24, 2.45) is 5.92 Å². The molecule has 3 aliphatic rings. The first-order chi connectivity index (χ1) is 12.6. The molecule has 0 aromatic heterocycles. The fourth-order valence-electron chi connectivity index (χ4n) is 5.37. The highest BCUT2D eigenvalue weighted by Gasteiger charge is 2.51. The third kappa shape index (κ3) is 3.90. The first-order valence-electron chi connectivity index (χ1n) is 9.91. The zero-order valence-corrected chi connectivity index (χ0v) is 17.0. The van der Waals surface area contributed by atoms with Crippen molar-refractivity contribution in [3.05, 3.63) is 29.3 Å². The summed E-state index contributed by atoms with van der Waals surface area (Å²) in [5.41, 5.74) is 3.23. The van der Waals surface area contributed by atoms with Gasteiger partial charge in [0, 0.05) is 11.5 Å². The van der Waals surface area contributed by atoms with E-state index in [1.807, 2.05) is 6.07 Å². The number of hydrogen-bond donors (Lipinski definition) is 1. The molecule has 2 fully saturated rings. The van der Waals surface area contributed by atoms with Gasteiger partial charge in [0.15, 0.2) is 0 Å². The predicted octanol–water partition coefficient (Wildman–Crippen LogP) is 4.35. The minimum Gasteiger partial charge on any atom is -0.457 e. The third-order valence-electron chi connectivity index (χ3n) is 6.35. The van der Waals surface area contributed by atoms with E-state index in [1.54, 1.807) is 13.8 Å². The molecule has 0 spiro atoms. The van der Waals surface area contributed by atoms with Gasteiger partial charge in [0.25, 0.3) is 0 Å². The maximum Gasteiger partial charge on any atom is 0.511 e. The molecule has 0 unspecified atom stereocenters. The van der Waals surface area contributed by atoms with Crippen molar-refractivity contribution in [3.8, 4) is 5.75 Å². The summed E-state index contributed by atoms with van der Waals surface area (Å²) in [6, 6.07) is 7.01. The van der Waals surface area contributed by atoms with E-state index in [2.05, 4.69) is 17.4 Å². The van der Waals surface area contributed by atoms with Crippen LogP contribution in [0.5, 0.6) is 5.75 Å². The Bertz CT molecular complexity index is 676. The minimum atomic E-state index is -0.690. The number of rotatable bonds is 4. The van der Waals surface area contributed by atoms with Gasteiger partial charge in [-0.05, 0) is 75.3 Å². The molecule has 27 heavy (non-hydrogen) atoms. The number of ether oxygens (including phenoxy) is 3. The van der Waals surface area contributed by atoms with Gasteiger partial charge in [0.05, 0.1) is 6.10 Å². The van der Waals surface area contributed by atoms with Gasteiger partial charge in [-0.15, -0.1) is 12.4 Å². The van der Waals surface area contributed by atoms with Crippen LogP contribution in [0, 0.1) is 5.92 Å². The fraction of sp³-hybridized carbons (Fsp3) is 0.667. The van der Waals surface area contributed by atoms with E-state index in [0.29, 0.717) is 11.5 Å². The van der Waals surface area contributed by atoms with Gasteiger partial charge in [-0.3, -0.25) is 0 Å². The molecule has 1 aromatic carbocycles. The minimum absolute atomic E-state index is 0. The molecule has 1 aromatic rings. The van der Waals surface area contributed by atoms with Gasteiger partial charge in [-0.2, -0.15) is 0 Å². The van der Waals surface area contributed by atoms with Crippen molar-refractivity contribution in [2.75, 3.05) is 13.3 Å². The maximum absolute atomic E-state index is 11.5. The summed E-state index contributed by atoms with van der Waals surface area (Å²) < 4.78 is 15.6. The van der Waals surface area contributed by atoms with Crippen LogP contribution in [0.1, 0.15) is 57.1 Å². The smallest absolute Gasteiger partial charge is 0.457 e. The Morgan fingerprint density at radius 1 is 1.30 bits per heavy atom. The zero-order valence-electron chi connectivity index (χ0n) is 16.2. The van der Waals surface area contributed by atoms with Crippen molar-refractivity contribution in [1.82, 2.24) is 5.32 Å². The summed E-state index contributed by atoms with van der Waals surface area (Å²) in [7, 11) is 0. The van der Waals surface area contributed by atoms with E-state index in [0.717, 1.165) is 24.6 Å². The van der Waals surface area contributed by atoms with E-state index < -0.39 is 6.16 Å². The molecule has 1 heterocycles. The van der Waals surface area contributed by atoms with Crippen LogP contribution in [-0.4, -0.2) is 31.6 Å². The summed E-state index contributed by atoms with van der Waals surface area (Å²) in [5.74, 6) is 1.52. The fourth-order valence-corrected chi connectivity index (χ4v) is 5.37. The Labute approximate surface area is 167 Å². The predicted molar refractivity (Wildman–Crippen MR) is 106 cm³/mol. The molecule has 2 aliphatic carbocycles. The normalized spacial score (nSPS) is 28.4. The molecular formula is C21H30ClNO4. The number of carbonyl (C=O) groups excluding carboxylic acids is 1. The number of hydrogen-bond acceptors (Lipinski definition) is 5. The topological polar surface area (TPSA) is 56.8 Å². The first-order valence-corrected chi connectivity index (χ1v) is 9.91. The van der Waals surface area contributed by atoms with Gasteiger partial charge in [-0.1, -0.05) is 18.9 Å². The van der Waals surface area contributed by atoms with Gasteiger partial charge >= 0.3 is 6.16 Å². The average molecular weight is 396 g/mol. The molecule has 5 nitrogen and oxygen atoms in total. The maximum atomic E-state index is 11.5. The van der Waals surface area contributed by atoms with Crippen molar-refractivity contribution in [1.29, 1.82) is 0 Å². The highest BCUT2D eigenvalue weighted by Crippen LogP contribution is 2.54. The first kappa shape index (κ1) is 20.3. The lowest BCUT2D eigenvalue weighted by atomic mass is 9.53.